The number of ether oxygens (including phenoxy) is 1. The number of halogens is 3. The van der Waals surface area contributed by atoms with E-state index in [1.165, 1.54) is 22.5 Å². The number of aromatic nitrogens is 3. The van der Waals surface area contributed by atoms with E-state index in [9.17, 15) is 27.6 Å². The van der Waals surface area contributed by atoms with Crippen molar-refractivity contribution in [1.29, 1.82) is 0 Å². The molecule has 1 atom stereocenters. The van der Waals surface area contributed by atoms with Gasteiger partial charge in [0.05, 0.1) is 23.7 Å². The molecule has 0 saturated carbocycles. The molecule has 0 bridgehead atoms. The molecule has 4 rings (SSSR count). The van der Waals surface area contributed by atoms with E-state index in [-0.39, 0.29) is 36.4 Å². The first kappa shape index (κ1) is 30.2. The van der Waals surface area contributed by atoms with E-state index in [0.29, 0.717) is 22.2 Å². The van der Waals surface area contributed by atoms with Crippen LogP contribution in [0.1, 0.15) is 67.0 Å². The number of benzene rings is 1. The number of nitrogens with zero attached hydrogens (tertiary/aromatic N) is 3. The zero-order chi connectivity index (χ0) is 29.9. The number of carbonyl (C=O) groups is 2. The molecule has 0 radical (unpaired) electrons. The maximum absolute atomic E-state index is 13.6. The number of hydrogen-bond donors (Lipinski definition) is 2. The molecule has 0 spiro atoms. The summed E-state index contributed by atoms with van der Waals surface area (Å²) < 4.78 is 49.4. The molecule has 2 aromatic heterocycles. The number of aryl methyl sites for hydroxylation is 1. The predicted octanol–water partition coefficient (Wildman–Crippen LogP) is 5.00. The summed E-state index contributed by atoms with van der Waals surface area (Å²) in [5, 5.41) is 9.12. The van der Waals surface area contributed by atoms with Gasteiger partial charge in [0.25, 0.3) is 11.5 Å². The number of pyridine rings is 1. The molecule has 2 amide bonds. The Morgan fingerprint density at radius 3 is 2.51 bits per heavy atom. The minimum atomic E-state index is -4.33. The lowest BCUT2D eigenvalue weighted by Crippen LogP contribution is -2.38. The van der Waals surface area contributed by atoms with Crippen molar-refractivity contribution in [3.63, 3.8) is 0 Å². The van der Waals surface area contributed by atoms with Crippen LogP contribution in [0.2, 0.25) is 0 Å². The third kappa shape index (κ3) is 7.90. The Morgan fingerprint density at radius 2 is 1.90 bits per heavy atom. The van der Waals surface area contributed by atoms with Crippen LogP contribution < -0.4 is 16.2 Å². The molecule has 10 nitrogen and oxygen atoms in total. The monoisotopic (exact) mass is 593 g/mol. The molecule has 220 valence electrons. The van der Waals surface area contributed by atoms with E-state index >= 15 is 0 Å². The van der Waals surface area contributed by atoms with Crippen molar-refractivity contribution >= 4 is 23.8 Å². The van der Waals surface area contributed by atoms with Gasteiger partial charge in [-0.2, -0.15) is 18.2 Å². The van der Waals surface area contributed by atoms with Crippen LogP contribution in [0.4, 0.5) is 18.0 Å². The van der Waals surface area contributed by atoms with Crippen LogP contribution in [0.5, 0.6) is 0 Å². The lowest BCUT2D eigenvalue weighted by atomic mass is 10.1. The van der Waals surface area contributed by atoms with Gasteiger partial charge in [0, 0.05) is 42.3 Å². The first-order chi connectivity index (χ1) is 19.2. The number of carbonyl (C=O) groups excluding carboxylic acids is 2. The fraction of sp³-hybridized carbons (Fsp3) is 0.444. The fourth-order valence-corrected chi connectivity index (χ4v) is 5.45. The van der Waals surface area contributed by atoms with E-state index in [1.54, 1.807) is 52.0 Å². The van der Waals surface area contributed by atoms with Crippen molar-refractivity contribution < 1.29 is 32.0 Å². The fourth-order valence-electron chi connectivity index (χ4n) is 4.18. The second-order valence-corrected chi connectivity index (χ2v) is 11.6. The average Bonchev–Trinajstić information content (AvgIpc) is 3.49. The minimum Gasteiger partial charge on any atom is -0.444 e. The largest absolute Gasteiger partial charge is 0.444 e. The Balaban J connectivity index is 1.63. The van der Waals surface area contributed by atoms with E-state index in [2.05, 4.69) is 20.8 Å². The maximum Gasteiger partial charge on any atom is 0.408 e. The molecule has 1 aliphatic rings. The number of nitrogens with one attached hydrogen (secondary N) is 2. The Bertz CT molecular complexity index is 1480. The molecule has 2 N–H and O–H groups in total. The number of fused-ring (bicyclic) bond motifs is 1. The number of alkyl halides is 3. The van der Waals surface area contributed by atoms with Crippen LogP contribution in [0.15, 0.2) is 44.7 Å². The number of rotatable bonds is 8. The summed E-state index contributed by atoms with van der Waals surface area (Å²) in [6, 6.07) is 6.38. The minimum absolute atomic E-state index is 0.0931. The van der Waals surface area contributed by atoms with Gasteiger partial charge < -0.3 is 24.5 Å². The summed E-state index contributed by atoms with van der Waals surface area (Å²) in [7, 11) is 0. The highest BCUT2D eigenvalue weighted by Crippen LogP contribution is 2.39. The average molecular weight is 594 g/mol. The molecular formula is C27H30F3N5O5S. The molecular weight excluding hydrogens is 563 g/mol. The molecule has 14 heteroatoms. The summed E-state index contributed by atoms with van der Waals surface area (Å²) in [6.07, 6.45) is -4.94. The normalized spacial score (nSPS) is 15.0. The van der Waals surface area contributed by atoms with Crippen molar-refractivity contribution in [3.05, 3.63) is 63.4 Å². The van der Waals surface area contributed by atoms with Crippen molar-refractivity contribution in [2.75, 3.05) is 12.3 Å². The number of amides is 2. The molecule has 0 aliphatic carbocycles. The molecule has 0 unspecified atom stereocenters. The van der Waals surface area contributed by atoms with Crippen molar-refractivity contribution in [2.24, 2.45) is 0 Å². The van der Waals surface area contributed by atoms with Gasteiger partial charge in [0.15, 0.2) is 0 Å². The standard InChI is InChI=1S/C27H30F3N5O5S/c1-15-32-22(34-40-15)17-8-6-16(7-9-17)12-35-13-18(23(36)31-11-5-10-27(28,29)30)21-20(24(35)37)19(14-41-21)33-25(38)39-26(2,3)4/h6-9,13,19H,5,10-12,14H2,1-4H3,(H,31,36)(H,33,38)/t19-/m0/s1. The summed E-state index contributed by atoms with van der Waals surface area (Å²) >= 11 is 1.22. The molecule has 0 fully saturated rings. The van der Waals surface area contributed by atoms with Gasteiger partial charge in [-0.25, -0.2) is 4.79 Å². The molecule has 1 aromatic carbocycles. The highest BCUT2D eigenvalue weighted by atomic mass is 32.2. The zero-order valence-electron chi connectivity index (χ0n) is 22.9. The smallest absolute Gasteiger partial charge is 0.408 e. The summed E-state index contributed by atoms with van der Waals surface area (Å²) in [5.74, 6) is 0.512. The Labute approximate surface area is 238 Å². The van der Waals surface area contributed by atoms with E-state index in [4.69, 9.17) is 9.26 Å². The second-order valence-electron chi connectivity index (χ2n) is 10.5. The summed E-state index contributed by atoms with van der Waals surface area (Å²) in [5.41, 5.74) is 0.645. The second kappa shape index (κ2) is 12.0. The predicted molar refractivity (Wildman–Crippen MR) is 145 cm³/mol. The summed E-state index contributed by atoms with van der Waals surface area (Å²) in [6.45, 7) is 6.72. The van der Waals surface area contributed by atoms with Gasteiger partial charge in [0.1, 0.15) is 5.60 Å². The zero-order valence-corrected chi connectivity index (χ0v) is 23.7. The van der Waals surface area contributed by atoms with Gasteiger partial charge >= 0.3 is 12.3 Å². The van der Waals surface area contributed by atoms with Gasteiger partial charge in [0.2, 0.25) is 11.7 Å². The number of alkyl carbamates (subject to hydrolysis) is 1. The molecule has 0 saturated heterocycles. The van der Waals surface area contributed by atoms with Gasteiger partial charge in [-0.05, 0) is 32.8 Å². The molecule has 3 heterocycles. The van der Waals surface area contributed by atoms with E-state index < -0.39 is 41.8 Å². The number of thioether (sulfide) groups is 1. The Hall–Kier alpha value is -3.81. The van der Waals surface area contributed by atoms with Gasteiger partial charge in [-0.3, -0.25) is 9.59 Å². The maximum atomic E-state index is 13.6. The Kier molecular flexibility index (Phi) is 8.80. The van der Waals surface area contributed by atoms with Crippen molar-refractivity contribution in [2.45, 2.75) is 69.8 Å². The third-order valence-electron chi connectivity index (χ3n) is 5.96. The highest BCUT2D eigenvalue weighted by molar-refractivity contribution is 7.99. The van der Waals surface area contributed by atoms with Crippen molar-refractivity contribution in [3.8, 4) is 11.4 Å². The van der Waals surface area contributed by atoms with Gasteiger partial charge in [-0.15, -0.1) is 11.8 Å². The first-order valence-electron chi connectivity index (χ1n) is 12.8. The van der Waals surface area contributed by atoms with Crippen LogP contribution in [0.3, 0.4) is 0 Å². The number of hydrogen-bond acceptors (Lipinski definition) is 8. The van der Waals surface area contributed by atoms with Crippen LogP contribution in [0.25, 0.3) is 11.4 Å². The lowest BCUT2D eigenvalue weighted by molar-refractivity contribution is -0.135. The van der Waals surface area contributed by atoms with Crippen LogP contribution >= 0.6 is 11.8 Å². The van der Waals surface area contributed by atoms with E-state index in [1.807, 2.05) is 0 Å². The molecule has 3 aromatic rings. The van der Waals surface area contributed by atoms with Crippen molar-refractivity contribution in [1.82, 2.24) is 25.3 Å². The van der Waals surface area contributed by atoms with Gasteiger partial charge in [-0.1, -0.05) is 29.4 Å². The van der Waals surface area contributed by atoms with Crippen LogP contribution in [0, 0.1) is 6.92 Å². The molecule has 1 aliphatic heterocycles. The first-order valence-corrected chi connectivity index (χ1v) is 13.8. The topological polar surface area (TPSA) is 128 Å². The lowest BCUT2D eigenvalue weighted by Gasteiger charge is -2.22. The third-order valence-corrected chi connectivity index (χ3v) is 7.19. The Morgan fingerprint density at radius 1 is 1.20 bits per heavy atom. The highest BCUT2D eigenvalue weighted by Gasteiger charge is 2.34. The van der Waals surface area contributed by atoms with Crippen LogP contribution in [-0.4, -0.2) is 50.8 Å². The summed E-state index contributed by atoms with van der Waals surface area (Å²) in [4.78, 5) is 43.8. The van der Waals surface area contributed by atoms with E-state index in [0.717, 1.165) is 5.56 Å². The SMILES string of the molecule is Cc1nc(-c2ccc(Cn3cc(C(=O)NCCCC(F)(F)F)c4c(c3=O)[C@@H](NC(=O)OC(C)(C)C)CS4)cc2)no1. The molecule has 41 heavy (non-hydrogen) atoms. The quantitative estimate of drug-likeness (QED) is 0.350. The van der Waals surface area contributed by atoms with Crippen LogP contribution in [-0.2, 0) is 11.3 Å².